The lowest BCUT2D eigenvalue weighted by Crippen LogP contribution is -2.58. The highest BCUT2D eigenvalue weighted by Crippen LogP contribution is 2.53. The molecule has 1 saturated carbocycles. The Hall–Kier alpha value is -5.85. The van der Waals surface area contributed by atoms with E-state index in [1.165, 1.54) is 16.7 Å². The van der Waals surface area contributed by atoms with Gasteiger partial charge in [-0.25, -0.2) is 9.59 Å². The predicted molar refractivity (Wildman–Crippen MR) is 262 cm³/mol. The molecule has 7 unspecified atom stereocenters. The minimum atomic E-state index is -1.28. The molecule has 0 saturated heterocycles. The first-order valence-corrected chi connectivity index (χ1v) is 24.7. The summed E-state index contributed by atoms with van der Waals surface area (Å²) in [5, 5.41) is 30.8. The predicted octanol–water partition coefficient (Wildman–Crippen LogP) is 9.96. The summed E-state index contributed by atoms with van der Waals surface area (Å²) in [5.41, 5.74) is 5.78. The van der Waals surface area contributed by atoms with Crippen molar-refractivity contribution in [3.63, 3.8) is 0 Å². The average Bonchev–Trinajstić information content (AvgIpc) is 3.90. The second-order valence-electron chi connectivity index (χ2n) is 19.9. The van der Waals surface area contributed by atoms with E-state index in [-0.39, 0.29) is 72.0 Å². The molecule has 1 aromatic heterocycles. The van der Waals surface area contributed by atoms with Gasteiger partial charge in [0.2, 0.25) is 0 Å². The Labute approximate surface area is 403 Å². The van der Waals surface area contributed by atoms with Crippen molar-refractivity contribution in [3.05, 3.63) is 169 Å². The lowest BCUT2D eigenvalue weighted by molar-refractivity contribution is -0.199. The summed E-state index contributed by atoms with van der Waals surface area (Å²) in [4.78, 5) is 44.2. The van der Waals surface area contributed by atoms with Crippen LogP contribution in [0.15, 0.2) is 124 Å². The van der Waals surface area contributed by atoms with Gasteiger partial charge < -0.3 is 38.7 Å². The number of carbonyl (C=O) groups is 2. The maximum absolute atomic E-state index is 15.2. The second kappa shape index (κ2) is 21.0. The van der Waals surface area contributed by atoms with Crippen LogP contribution < -0.4 is 10.4 Å². The van der Waals surface area contributed by atoms with Gasteiger partial charge in [0.05, 0.1) is 18.8 Å². The third-order valence-corrected chi connectivity index (χ3v) is 15.3. The van der Waals surface area contributed by atoms with Gasteiger partial charge in [0, 0.05) is 53.2 Å². The summed E-state index contributed by atoms with van der Waals surface area (Å²) in [7, 11) is 0. The van der Waals surface area contributed by atoms with E-state index < -0.39 is 54.7 Å². The summed E-state index contributed by atoms with van der Waals surface area (Å²) in [6.45, 7) is 4.16. The molecule has 7 atom stereocenters. The first-order valence-electron chi connectivity index (χ1n) is 24.7. The molecule has 2 aliphatic carbocycles. The highest BCUT2D eigenvalue weighted by molar-refractivity contribution is 5.90. The number of ether oxygens (including phenoxy) is 4. The van der Waals surface area contributed by atoms with Crippen molar-refractivity contribution in [1.29, 1.82) is 0 Å². The molecule has 0 amide bonds. The number of fused-ring (bicyclic) bond motifs is 11. The Balaban J connectivity index is 1.17. The maximum atomic E-state index is 15.2. The maximum Gasteiger partial charge on any atom is 0.340 e. The first-order chi connectivity index (χ1) is 33.5. The largest absolute Gasteiger partial charge is 0.483 e. The van der Waals surface area contributed by atoms with Crippen LogP contribution >= 0.6 is 0 Å². The number of carbonyl (C=O) groups excluding carboxylic acids is 2. The number of esters is 2. The molecule has 4 heterocycles. The van der Waals surface area contributed by atoms with Gasteiger partial charge in [0.15, 0.2) is 12.2 Å². The van der Waals surface area contributed by atoms with Gasteiger partial charge in [0.25, 0.3) is 0 Å². The average molecular weight is 937 g/mol. The normalized spacial score (nSPS) is 24.5. The van der Waals surface area contributed by atoms with Crippen molar-refractivity contribution >= 4 is 22.9 Å². The van der Waals surface area contributed by atoms with Crippen molar-refractivity contribution in [3.8, 4) is 5.75 Å². The van der Waals surface area contributed by atoms with Crippen LogP contribution in [0, 0.1) is 11.8 Å². The summed E-state index contributed by atoms with van der Waals surface area (Å²) in [6.07, 6.45) is 8.24. The summed E-state index contributed by atoms with van der Waals surface area (Å²) in [6, 6.07) is 31.1. The van der Waals surface area contributed by atoms with Crippen molar-refractivity contribution in [1.82, 2.24) is 0 Å². The Bertz CT molecular complexity index is 2760. The van der Waals surface area contributed by atoms with Gasteiger partial charge in [-0.2, -0.15) is 0 Å². The van der Waals surface area contributed by atoms with Gasteiger partial charge in [-0.1, -0.05) is 109 Å². The Morgan fingerprint density at radius 3 is 2.33 bits per heavy atom. The molecule has 11 heteroatoms. The van der Waals surface area contributed by atoms with E-state index in [1.807, 2.05) is 26.8 Å². The van der Waals surface area contributed by atoms with Crippen LogP contribution in [0.25, 0.3) is 11.0 Å². The number of benzene rings is 4. The highest BCUT2D eigenvalue weighted by atomic mass is 16.6. The quantitative estimate of drug-likeness (QED) is 0.0380. The van der Waals surface area contributed by atoms with E-state index >= 15 is 4.79 Å². The molecule has 3 aliphatic heterocycles. The minimum absolute atomic E-state index is 0.0343. The molecule has 69 heavy (non-hydrogen) atoms. The fourth-order valence-corrected chi connectivity index (χ4v) is 11.7. The summed E-state index contributed by atoms with van der Waals surface area (Å²) >= 11 is 0. The molecule has 362 valence electrons. The Kier molecular flexibility index (Phi) is 14.7. The minimum Gasteiger partial charge on any atom is -0.483 e. The standard InChI is InChI=1S/C58H64O11/c1-35(2)45-22-18-36-16-19-39(20-17-36)46-23-21-41(40-13-9-12-38(29-40)28-37-10-5-4-6-11-37)30-43(46)31-50(62)66-54-52-49(69-58(3,44-14-7-8-15-44)55(54)68-56(45)63)25-24-47-48(32-60)51(57(64)67-53(47)52)42(26-27-59)33-65-34-61/h4-6,9-13,16-17,19-21,23-25,29,41-44,46,54-55,59-61H,7-8,14-15,18,22,26-28,30-34H2,1-3H3. The molecule has 0 spiro atoms. The van der Waals surface area contributed by atoms with E-state index in [4.69, 9.17) is 23.4 Å². The molecular formula is C58H64O11. The number of aliphatic hydroxyl groups excluding tert-OH is 3. The number of hydrogen-bond acceptors (Lipinski definition) is 11. The topological polar surface area (TPSA) is 162 Å². The molecule has 5 aliphatic rings. The van der Waals surface area contributed by atoms with Crippen LogP contribution in [0.3, 0.4) is 0 Å². The van der Waals surface area contributed by atoms with Crippen LogP contribution in [0.5, 0.6) is 5.75 Å². The SMILES string of the molecule is CC(C)=C1CCc2ccc(cc2)C2C=CC(c3cccc(Cc4ccccc4)c3)CC2CC(=O)OC2c3c(ccc4c(CO)c(C(CCO)COCO)c(=O)oc34)OC(C)(C3CCCC3)C2OC1=O. The molecular weight excluding hydrogens is 873 g/mol. The van der Waals surface area contributed by atoms with Crippen molar-refractivity contribution < 1.29 is 48.3 Å². The van der Waals surface area contributed by atoms with E-state index in [0.29, 0.717) is 36.0 Å². The number of aliphatic hydroxyl groups is 3. The van der Waals surface area contributed by atoms with E-state index in [1.54, 1.807) is 12.1 Å². The molecule has 10 rings (SSSR count). The zero-order chi connectivity index (χ0) is 48.2. The third kappa shape index (κ3) is 9.97. The molecule has 11 nitrogen and oxygen atoms in total. The van der Waals surface area contributed by atoms with E-state index in [2.05, 4.69) is 84.9 Å². The fourth-order valence-electron chi connectivity index (χ4n) is 11.7. The molecule has 0 radical (unpaired) electrons. The lowest BCUT2D eigenvalue weighted by atomic mass is 9.72. The van der Waals surface area contributed by atoms with Crippen LogP contribution in [0.2, 0.25) is 0 Å². The zero-order valence-corrected chi connectivity index (χ0v) is 39.9. The first kappa shape index (κ1) is 48.2. The smallest absolute Gasteiger partial charge is 0.340 e. The molecule has 1 fully saturated rings. The summed E-state index contributed by atoms with van der Waals surface area (Å²) in [5.74, 6) is -1.75. The summed E-state index contributed by atoms with van der Waals surface area (Å²) < 4.78 is 32.2. The monoisotopic (exact) mass is 936 g/mol. The second-order valence-corrected chi connectivity index (χ2v) is 19.9. The van der Waals surface area contributed by atoms with Gasteiger partial charge in [-0.15, -0.1) is 0 Å². The molecule has 3 N–H and O–H groups in total. The van der Waals surface area contributed by atoms with Crippen molar-refractivity contribution in [2.45, 2.75) is 127 Å². The van der Waals surface area contributed by atoms with E-state index in [0.717, 1.165) is 48.8 Å². The van der Waals surface area contributed by atoms with Gasteiger partial charge in [0.1, 0.15) is 23.7 Å². The van der Waals surface area contributed by atoms with Crippen LogP contribution in [-0.2, 0) is 43.2 Å². The molecule has 4 aromatic carbocycles. The highest BCUT2D eigenvalue weighted by Gasteiger charge is 2.57. The van der Waals surface area contributed by atoms with Gasteiger partial charge in [-0.3, -0.25) is 4.79 Å². The van der Waals surface area contributed by atoms with Crippen LogP contribution in [-0.4, -0.2) is 59.0 Å². The van der Waals surface area contributed by atoms with Crippen molar-refractivity contribution in [2.75, 3.05) is 20.0 Å². The number of rotatable bonds is 11. The number of aryl methyl sites for hydroxylation is 1. The zero-order valence-electron chi connectivity index (χ0n) is 39.9. The van der Waals surface area contributed by atoms with Gasteiger partial charge >= 0.3 is 17.6 Å². The van der Waals surface area contributed by atoms with Crippen LogP contribution in [0.1, 0.15) is 141 Å². The lowest BCUT2D eigenvalue weighted by Gasteiger charge is -2.48. The third-order valence-electron chi connectivity index (χ3n) is 15.3. The molecule has 2 bridgehead atoms. The van der Waals surface area contributed by atoms with Crippen molar-refractivity contribution in [2.24, 2.45) is 11.8 Å². The molecule has 5 aromatic rings. The number of hydrogen-bond donors (Lipinski definition) is 3. The van der Waals surface area contributed by atoms with E-state index in [9.17, 15) is 24.9 Å². The fraction of sp³-hybridized carbons (Fsp3) is 0.431. The van der Waals surface area contributed by atoms with Crippen LogP contribution in [0.4, 0.5) is 0 Å². The Morgan fingerprint density at radius 2 is 1.61 bits per heavy atom. The van der Waals surface area contributed by atoms with Gasteiger partial charge in [-0.05, 0) is 117 Å². The Morgan fingerprint density at radius 1 is 0.841 bits per heavy atom. The number of allylic oxidation sites excluding steroid dienone is 3.